The van der Waals surface area contributed by atoms with Crippen molar-refractivity contribution in [2.75, 3.05) is 6.61 Å². The molecule has 0 spiro atoms. The predicted octanol–water partition coefficient (Wildman–Crippen LogP) is 4.49. The monoisotopic (exact) mass is 268 g/mol. The van der Waals surface area contributed by atoms with Gasteiger partial charge in [-0.3, -0.25) is 0 Å². The van der Waals surface area contributed by atoms with Gasteiger partial charge in [-0.1, -0.05) is 39.7 Å². The fourth-order valence-electron chi connectivity index (χ4n) is 1.51. The summed E-state index contributed by atoms with van der Waals surface area (Å²) in [5.74, 6) is 0. The Bertz CT molecular complexity index is 333. The maximum absolute atomic E-state index is 5.73. The lowest BCUT2D eigenvalue weighted by atomic mass is 10.0. The Labute approximate surface area is 100 Å². The first kappa shape index (κ1) is 12.5. The summed E-state index contributed by atoms with van der Waals surface area (Å²) in [4.78, 5) is 0. The van der Waals surface area contributed by atoms with E-state index in [1.165, 1.54) is 5.56 Å². The van der Waals surface area contributed by atoms with E-state index in [1.807, 2.05) is 32.0 Å². The largest absolute Gasteiger partial charge is 0.373 e. The highest BCUT2D eigenvalue weighted by Gasteiger charge is 2.13. The molecule has 1 nitrogen and oxygen atoms in total. The minimum atomic E-state index is 0.114. The highest BCUT2D eigenvalue weighted by atomic mass is 79.9. The summed E-state index contributed by atoms with van der Waals surface area (Å²) < 4.78 is 6.83. The molecular formula is C13H17BrO. The van der Waals surface area contributed by atoms with Gasteiger partial charge in [-0.15, -0.1) is 6.58 Å². The molecule has 0 N–H and O–H groups in total. The first-order valence-electron chi connectivity index (χ1n) is 5.15. The molecule has 0 amide bonds. The van der Waals surface area contributed by atoms with Crippen LogP contribution in [0.15, 0.2) is 40.9 Å². The van der Waals surface area contributed by atoms with Crippen molar-refractivity contribution in [3.63, 3.8) is 0 Å². The summed E-state index contributed by atoms with van der Waals surface area (Å²) in [5, 5.41) is 0. The number of rotatable bonds is 5. The molecule has 0 aromatic heterocycles. The molecule has 0 aliphatic rings. The van der Waals surface area contributed by atoms with Gasteiger partial charge >= 0.3 is 0 Å². The fourth-order valence-corrected chi connectivity index (χ4v) is 2.05. The van der Waals surface area contributed by atoms with Crippen molar-refractivity contribution in [3.05, 3.63) is 46.5 Å². The van der Waals surface area contributed by atoms with E-state index in [4.69, 9.17) is 4.74 Å². The molecule has 1 rings (SSSR count). The van der Waals surface area contributed by atoms with Gasteiger partial charge in [-0.25, -0.2) is 0 Å². The first-order chi connectivity index (χ1) is 7.15. The lowest BCUT2D eigenvalue weighted by Crippen LogP contribution is -2.05. The summed E-state index contributed by atoms with van der Waals surface area (Å²) in [6.07, 6.45) is 0.985. The fraction of sp³-hybridized carbons (Fsp3) is 0.385. The zero-order chi connectivity index (χ0) is 11.3. The average molecular weight is 269 g/mol. The van der Waals surface area contributed by atoms with Crippen molar-refractivity contribution >= 4 is 15.9 Å². The van der Waals surface area contributed by atoms with Crippen LogP contribution in [0.3, 0.4) is 0 Å². The third kappa shape index (κ3) is 3.80. The topological polar surface area (TPSA) is 9.23 Å². The van der Waals surface area contributed by atoms with E-state index in [-0.39, 0.29) is 6.10 Å². The third-order valence-corrected chi connectivity index (χ3v) is 2.88. The Kier molecular flexibility index (Phi) is 5.06. The SMILES string of the molecule is C=C(C)CC(OCC)c1ccccc1Br. The third-order valence-electron chi connectivity index (χ3n) is 2.15. The number of hydrogen-bond acceptors (Lipinski definition) is 1. The molecule has 1 atom stereocenters. The number of ether oxygens (including phenoxy) is 1. The quantitative estimate of drug-likeness (QED) is 0.715. The van der Waals surface area contributed by atoms with Crippen molar-refractivity contribution in [2.24, 2.45) is 0 Å². The second-order valence-electron chi connectivity index (χ2n) is 3.63. The Balaban J connectivity index is 2.88. The normalized spacial score (nSPS) is 12.5. The standard InChI is InChI=1S/C13H17BrO/c1-4-15-13(9-10(2)3)11-7-5-6-8-12(11)14/h5-8,13H,2,4,9H2,1,3H3. The molecule has 2 heteroatoms. The Morgan fingerprint density at radius 2 is 2.13 bits per heavy atom. The predicted molar refractivity (Wildman–Crippen MR) is 67.9 cm³/mol. The van der Waals surface area contributed by atoms with Crippen LogP contribution in [0.2, 0.25) is 0 Å². The van der Waals surface area contributed by atoms with Gasteiger partial charge in [-0.05, 0) is 31.9 Å². The molecule has 0 radical (unpaired) electrons. The molecule has 0 aliphatic heterocycles. The van der Waals surface area contributed by atoms with Gasteiger partial charge in [0.2, 0.25) is 0 Å². The van der Waals surface area contributed by atoms with E-state index in [1.54, 1.807) is 0 Å². The van der Waals surface area contributed by atoms with Crippen LogP contribution in [0, 0.1) is 0 Å². The summed E-state index contributed by atoms with van der Waals surface area (Å²) in [5.41, 5.74) is 2.34. The van der Waals surface area contributed by atoms with Crippen LogP contribution in [0.4, 0.5) is 0 Å². The maximum Gasteiger partial charge on any atom is 0.0872 e. The minimum absolute atomic E-state index is 0.114. The minimum Gasteiger partial charge on any atom is -0.373 e. The highest BCUT2D eigenvalue weighted by molar-refractivity contribution is 9.10. The van der Waals surface area contributed by atoms with E-state index >= 15 is 0 Å². The molecule has 15 heavy (non-hydrogen) atoms. The van der Waals surface area contributed by atoms with Crippen LogP contribution < -0.4 is 0 Å². The Morgan fingerprint density at radius 3 is 2.67 bits per heavy atom. The Hall–Kier alpha value is -0.600. The smallest absolute Gasteiger partial charge is 0.0872 e. The van der Waals surface area contributed by atoms with Crippen molar-refractivity contribution in [1.29, 1.82) is 0 Å². The van der Waals surface area contributed by atoms with E-state index in [2.05, 4.69) is 28.6 Å². The van der Waals surface area contributed by atoms with Crippen LogP contribution >= 0.6 is 15.9 Å². The zero-order valence-electron chi connectivity index (χ0n) is 9.29. The molecule has 1 aromatic carbocycles. The van der Waals surface area contributed by atoms with Crippen LogP contribution in [-0.4, -0.2) is 6.61 Å². The van der Waals surface area contributed by atoms with Crippen LogP contribution in [0.5, 0.6) is 0 Å². The van der Waals surface area contributed by atoms with Crippen molar-refractivity contribution < 1.29 is 4.74 Å². The maximum atomic E-state index is 5.73. The molecule has 0 saturated heterocycles. The van der Waals surface area contributed by atoms with Gasteiger partial charge in [0.1, 0.15) is 0 Å². The summed E-state index contributed by atoms with van der Waals surface area (Å²) >= 11 is 3.55. The van der Waals surface area contributed by atoms with Gasteiger partial charge in [0.25, 0.3) is 0 Å². The molecular weight excluding hydrogens is 252 g/mol. The second kappa shape index (κ2) is 6.09. The van der Waals surface area contributed by atoms with E-state index in [9.17, 15) is 0 Å². The Morgan fingerprint density at radius 1 is 1.47 bits per heavy atom. The van der Waals surface area contributed by atoms with Crippen molar-refractivity contribution in [1.82, 2.24) is 0 Å². The molecule has 0 bridgehead atoms. The van der Waals surface area contributed by atoms with Crippen LogP contribution in [0.25, 0.3) is 0 Å². The summed E-state index contributed by atoms with van der Waals surface area (Å²) in [6.45, 7) is 8.71. The first-order valence-corrected chi connectivity index (χ1v) is 5.94. The van der Waals surface area contributed by atoms with Gasteiger partial charge in [0.15, 0.2) is 0 Å². The van der Waals surface area contributed by atoms with Gasteiger partial charge in [0.05, 0.1) is 6.10 Å². The highest BCUT2D eigenvalue weighted by Crippen LogP contribution is 2.30. The van der Waals surface area contributed by atoms with Crippen LogP contribution in [0.1, 0.15) is 31.9 Å². The summed E-state index contributed by atoms with van der Waals surface area (Å²) in [7, 11) is 0. The number of benzene rings is 1. The van der Waals surface area contributed by atoms with Gasteiger partial charge < -0.3 is 4.74 Å². The second-order valence-corrected chi connectivity index (χ2v) is 4.48. The lowest BCUT2D eigenvalue weighted by molar-refractivity contribution is 0.0624. The number of hydrogen-bond donors (Lipinski definition) is 0. The lowest BCUT2D eigenvalue weighted by Gasteiger charge is -2.18. The molecule has 1 aromatic rings. The van der Waals surface area contributed by atoms with E-state index in [0.29, 0.717) is 0 Å². The number of halogens is 1. The molecule has 0 fully saturated rings. The average Bonchev–Trinajstić information content (AvgIpc) is 2.17. The molecule has 0 aliphatic carbocycles. The van der Waals surface area contributed by atoms with Gasteiger partial charge in [-0.2, -0.15) is 0 Å². The molecule has 1 unspecified atom stereocenters. The van der Waals surface area contributed by atoms with E-state index in [0.717, 1.165) is 23.1 Å². The van der Waals surface area contributed by atoms with Gasteiger partial charge in [0, 0.05) is 11.1 Å². The molecule has 0 saturated carbocycles. The molecule has 0 heterocycles. The van der Waals surface area contributed by atoms with Crippen molar-refractivity contribution in [3.8, 4) is 0 Å². The molecule has 82 valence electrons. The zero-order valence-corrected chi connectivity index (χ0v) is 10.9. The van der Waals surface area contributed by atoms with E-state index < -0.39 is 0 Å². The van der Waals surface area contributed by atoms with Crippen LogP contribution in [-0.2, 0) is 4.74 Å². The summed E-state index contributed by atoms with van der Waals surface area (Å²) in [6, 6.07) is 8.18. The van der Waals surface area contributed by atoms with Crippen molar-refractivity contribution in [2.45, 2.75) is 26.4 Å².